The number of carbonyl (C=O) groups is 2. The Morgan fingerprint density at radius 3 is 2.28 bits per heavy atom. The number of nitrogens with zero attached hydrogens (tertiary/aromatic N) is 1. The zero-order valence-corrected chi connectivity index (χ0v) is 16.7. The summed E-state index contributed by atoms with van der Waals surface area (Å²) in [5.74, 6) is 1.19. The molecule has 2 N–H and O–H groups in total. The fraction of sp³-hybridized carbons (Fsp3) is 0.556. The largest absolute Gasteiger partial charge is 0.341 e. The van der Waals surface area contributed by atoms with Crippen molar-refractivity contribution in [2.75, 3.05) is 26.2 Å². The van der Waals surface area contributed by atoms with E-state index in [1.165, 1.54) is 0 Å². The zero-order chi connectivity index (χ0) is 17.1. The molecule has 1 aromatic rings. The predicted molar refractivity (Wildman–Crippen MR) is 104 cm³/mol. The van der Waals surface area contributed by atoms with Gasteiger partial charge in [0.2, 0.25) is 5.91 Å². The number of rotatable bonds is 3. The molecule has 2 saturated heterocycles. The first-order chi connectivity index (χ1) is 11.5. The average molecular weight is 431 g/mol. The third kappa shape index (κ3) is 4.96. The molecule has 3 atom stereocenters. The second-order valence-electron chi connectivity index (χ2n) is 6.78. The van der Waals surface area contributed by atoms with Gasteiger partial charge in [0.25, 0.3) is 5.91 Å². The number of nitrogens with one attached hydrogen (secondary N) is 2. The molecule has 1 aromatic carbocycles. The number of likely N-dealkylation sites (tertiary alicyclic amines) is 1. The van der Waals surface area contributed by atoms with E-state index in [1.54, 1.807) is 19.1 Å². The number of hydrogen-bond acceptors (Lipinski definition) is 3. The first kappa shape index (κ1) is 20.2. The number of halogens is 2. The van der Waals surface area contributed by atoms with Gasteiger partial charge in [-0.2, -0.15) is 0 Å². The van der Waals surface area contributed by atoms with Crippen LogP contribution in [0.25, 0.3) is 0 Å². The monoisotopic (exact) mass is 429 g/mol. The maximum Gasteiger partial charge on any atom is 0.251 e. The molecule has 1 unspecified atom stereocenters. The van der Waals surface area contributed by atoms with Crippen molar-refractivity contribution in [1.82, 2.24) is 15.5 Å². The fourth-order valence-corrected chi connectivity index (χ4v) is 3.92. The van der Waals surface area contributed by atoms with Crippen molar-refractivity contribution in [3.63, 3.8) is 0 Å². The molecule has 25 heavy (non-hydrogen) atoms. The van der Waals surface area contributed by atoms with Crippen LogP contribution in [0.5, 0.6) is 0 Å². The molecule has 2 aliphatic heterocycles. The van der Waals surface area contributed by atoms with Gasteiger partial charge in [-0.15, -0.1) is 12.4 Å². The molecular formula is C18H25BrClN3O2. The van der Waals surface area contributed by atoms with Gasteiger partial charge in [-0.05, 0) is 69.0 Å². The van der Waals surface area contributed by atoms with Gasteiger partial charge in [-0.1, -0.05) is 15.9 Å². The number of hydrogen-bond donors (Lipinski definition) is 2. The SMILES string of the molecule is CC(NC(=O)c1ccc(Br)cc1)C(=O)N1CC[C@@H]2CNC[C@@H]2CC1.Cl. The lowest BCUT2D eigenvalue weighted by Crippen LogP contribution is -2.47. The Labute approximate surface area is 163 Å². The molecule has 0 spiro atoms. The van der Waals surface area contributed by atoms with Gasteiger partial charge in [-0.3, -0.25) is 9.59 Å². The summed E-state index contributed by atoms with van der Waals surface area (Å²) in [6.45, 7) is 5.50. The summed E-state index contributed by atoms with van der Waals surface area (Å²) in [6, 6.07) is 6.64. The van der Waals surface area contributed by atoms with Crippen LogP contribution in [0.15, 0.2) is 28.7 Å². The molecule has 0 aliphatic carbocycles. The summed E-state index contributed by atoms with van der Waals surface area (Å²) in [6.07, 6.45) is 2.10. The van der Waals surface area contributed by atoms with E-state index in [1.807, 2.05) is 17.0 Å². The highest BCUT2D eigenvalue weighted by atomic mass is 79.9. The van der Waals surface area contributed by atoms with Gasteiger partial charge in [0.1, 0.15) is 6.04 Å². The molecule has 2 aliphatic rings. The zero-order valence-electron chi connectivity index (χ0n) is 14.3. The molecule has 0 saturated carbocycles. The summed E-state index contributed by atoms with van der Waals surface area (Å²) in [5.41, 5.74) is 0.564. The van der Waals surface area contributed by atoms with Crippen LogP contribution in [0.3, 0.4) is 0 Å². The van der Waals surface area contributed by atoms with Gasteiger partial charge >= 0.3 is 0 Å². The van der Waals surface area contributed by atoms with Crippen molar-refractivity contribution in [3.05, 3.63) is 34.3 Å². The minimum absolute atomic E-state index is 0. The molecular weight excluding hydrogens is 406 g/mol. The summed E-state index contributed by atoms with van der Waals surface area (Å²) in [4.78, 5) is 26.9. The van der Waals surface area contributed by atoms with Crippen LogP contribution in [0.2, 0.25) is 0 Å². The van der Waals surface area contributed by atoms with Crippen LogP contribution < -0.4 is 10.6 Å². The van der Waals surface area contributed by atoms with Crippen molar-refractivity contribution < 1.29 is 9.59 Å². The van der Waals surface area contributed by atoms with Gasteiger partial charge in [0.05, 0.1) is 0 Å². The Morgan fingerprint density at radius 1 is 1.16 bits per heavy atom. The van der Waals surface area contributed by atoms with E-state index in [2.05, 4.69) is 26.6 Å². The Balaban J connectivity index is 0.00000225. The van der Waals surface area contributed by atoms with Crippen LogP contribution >= 0.6 is 28.3 Å². The Kier molecular flexibility index (Phi) is 7.28. The van der Waals surface area contributed by atoms with Gasteiger partial charge in [-0.25, -0.2) is 0 Å². The van der Waals surface area contributed by atoms with Crippen molar-refractivity contribution in [1.29, 1.82) is 0 Å². The van der Waals surface area contributed by atoms with E-state index in [0.29, 0.717) is 17.4 Å². The number of amides is 2. The number of benzene rings is 1. The van der Waals surface area contributed by atoms with E-state index < -0.39 is 6.04 Å². The molecule has 2 fully saturated rings. The minimum atomic E-state index is -0.503. The standard InChI is InChI=1S/C18H24BrN3O2.ClH/c1-12(21-17(23)13-2-4-16(19)5-3-13)18(24)22-8-6-14-10-20-11-15(14)7-9-22;/h2-5,12,14-15,20H,6-11H2,1H3,(H,21,23);1H/t12?,14-,15+;. The summed E-state index contributed by atoms with van der Waals surface area (Å²) in [5, 5.41) is 6.27. The van der Waals surface area contributed by atoms with Crippen LogP contribution in [0.4, 0.5) is 0 Å². The summed E-state index contributed by atoms with van der Waals surface area (Å²) in [7, 11) is 0. The average Bonchev–Trinajstić information content (AvgIpc) is 2.93. The maximum absolute atomic E-state index is 12.7. The second-order valence-corrected chi connectivity index (χ2v) is 7.70. The predicted octanol–water partition coefficient (Wildman–Crippen LogP) is 2.45. The molecule has 7 heteroatoms. The van der Waals surface area contributed by atoms with Crippen molar-refractivity contribution >= 4 is 40.2 Å². The van der Waals surface area contributed by atoms with Crippen LogP contribution in [-0.4, -0.2) is 48.9 Å². The molecule has 5 nitrogen and oxygen atoms in total. The molecule has 0 radical (unpaired) electrons. The Bertz CT molecular complexity index is 597. The van der Waals surface area contributed by atoms with Gasteiger partial charge in [0, 0.05) is 23.1 Å². The fourth-order valence-electron chi connectivity index (χ4n) is 3.66. The van der Waals surface area contributed by atoms with E-state index >= 15 is 0 Å². The van der Waals surface area contributed by atoms with Crippen LogP contribution in [0.1, 0.15) is 30.1 Å². The lowest BCUT2D eigenvalue weighted by Gasteiger charge is -2.25. The normalized spacial score (nSPS) is 23.8. The van der Waals surface area contributed by atoms with E-state index in [-0.39, 0.29) is 24.2 Å². The Hall–Kier alpha value is -1.11. The first-order valence-corrected chi connectivity index (χ1v) is 9.40. The van der Waals surface area contributed by atoms with Crippen molar-refractivity contribution in [2.45, 2.75) is 25.8 Å². The molecule has 0 bridgehead atoms. The lowest BCUT2D eigenvalue weighted by molar-refractivity contribution is -0.132. The second kappa shape index (κ2) is 9.01. The van der Waals surface area contributed by atoms with Crippen LogP contribution in [-0.2, 0) is 4.79 Å². The molecule has 3 rings (SSSR count). The lowest BCUT2D eigenvalue weighted by atomic mass is 9.92. The highest BCUT2D eigenvalue weighted by Crippen LogP contribution is 2.27. The van der Waals surface area contributed by atoms with Gasteiger partial charge in [0.15, 0.2) is 0 Å². The first-order valence-electron chi connectivity index (χ1n) is 8.60. The molecule has 2 amide bonds. The quantitative estimate of drug-likeness (QED) is 0.774. The van der Waals surface area contributed by atoms with Gasteiger partial charge < -0.3 is 15.5 Å². The van der Waals surface area contributed by atoms with Crippen LogP contribution in [0, 0.1) is 11.8 Å². The summed E-state index contributed by atoms with van der Waals surface area (Å²) < 4.78 is 0.924. The third-order valence-corrected chi connectivity index (χ3v) is 5.68. The topological polar surface area (TPSA) is 61.4 Å². The summed E-state index contributed by atoms with van der Waals surface area (Å²) >= 11 is 3.35. The molecule has 2 heterocycles. The maximum atomic E-state index is 12.7. The number of carbonyl (C=O) groups excluding carboxylic acids is 2. The van der Waals surface area contributed by atoms with Crippen molar-refractivity contribution in [3.8, 4) is 0 Å². The molecule has 138 valence electrons. The minimum Gasteiger partial charge on any atom is -0.341 e. The Morgan fingerprint density at radius 2 is 1.72 bits per heavy atom. The third-order valence-electron chi connectivity index (χ3n) is 5.16. The van der Waals surface area contributed by atoms with E-state index in [4.69, 9.17) is 0 Å². The van der Waals surface area contributed by atoms with E-state index in [0.717, 1.165) is 43.5 Å². The highest BCUT2D eigenvalue weighted by Gasteiger charge is 2.32. The molecule has 0 aromatic heterocycles. The van der Waals surface area contributed by atoms with Crippen molar-refractivity contribution in [2.24, 2.45) is 11.8 Å². The smallest absolute Gasteiger partial charge is 0.251 e. The highest BCUT2D eigenvalue weighted by molar-refractivity contribution is 9.10. The van der Waals surface area contributed by atoms with E-state index in [9.17, 15) is 9.59 Å². The number of fused-ring (bicyclic) bond motifs is 1.